The van der Waals surface area contributed by atoms with Crippen molar-refractivity contribution in [3.8, 4) is 22.9 Å². The summed E-state index contributed by atoms with van der Waals surface area (Å²) in [6, 6.07) is 15.0. The summed E-state index contributed by atoms with van der Waals surface area (Å²) in [6.07, 6.45) is 5.13. The zero-order chi connectivity index (χ0) is 28.8. The van der Waals surface area contributed by atoms with Crippen molar-refractivity contribution in [3.05, 3.63) is 69.9 Å². The predicted molar refractivity (Wildman–Crippen MR) is 157 cm³/mol. The summed E-state index contributed by atoms with van der Waals surface area (Å²) in [7, 11) is 3.07. The van der Waals surface area contributed by atoms with Crippen LogP contribution in [0.25, 0.3) is 11.4 Å². The summed E-state index contributed by atoms with van der Waals surface area (Å²) < 4.78 is 11.1. The molecule has 0 saturated heterocycles. The Morgan fingerprint density at radius 1 is 1.10 bits per heavy atom. The molecule has 1 atom stereocenters. The highest BCUT2D eigenvalue weighted by atomic mass is 35.5. The number of nitrogens with one attached hydrogen (secondary N) is 1. The van der Waals surface area contributed by atoms with Gasteiger partial charge in [0, 0.05) is 27.6 Å². The molecule has 2 amide bonds. The van der Waals surface area contributed by atoms with Crippen molar-refractivity contribution in [3.63, 3.8) is 0 Å². The minimum absolute atomic E-state index is 0.0624. The van der Waals surface area contributed by atoms with Crippen LogP contribution in [0.3, 0.4) is 0 Å². The van der Waals surface area contributed by atoms with E-state index in [4.69, 9.17) is 21.1 Å². The van der Waals surface area contributed by atoms with Crippen LogP contribution in [0.2, 0.25) is 5.02 Å². The maximum atomic E-state index is 14.2. The van der Waals surface area contributed by atoms with Gasteiger partial charge in [0.05, 0.1) is 19.9 Å². The molecule has 5 rings (SSSR count). The molecule has 1 saturated carbocycles. The maximum Gasteiger partial charge on any atom is 0.251 e. The van der Waals surface area contributed by atoms with Gasteiger partial charge in [-0.1, -0.05) is 36.9 Å². The second-order valence-corrected chi connectivity index (χ2v) is 11.1. The quantitative estimate of drug-likeness (QED) is 0.265. The Labute approximate surface area is 247 Å². The van der Waals surface area contributed by atoms with E-state index in [-0.39, 0.29) is 18.5 Å². The highest BCUT2D eigenvalue weighted by Crippen LogP contribution is 2.39. The van der Waals surface area contributed by atoms with Crippen LogP contribution in [0, 0.1) is 0 Å². The first-order valence-corrected chi connectivity index (χ1v) is 14.6. The van der Waals surface area contributed by atoms with Crippen molar-refractivity contribution in [2.75, 3.05) is 19.1 Å². The van der Waals surface area contributed by atoms with Gasteiger partial charge in [0.25, 0.3) is 5.91 Å². The number of carbonyl (C=O) groups excluding carboxylic acids is 2. The number of hydrogen-bond acceptors (Lipinski definition) is 8. The summed E-state index contributed by atoms with van der Waals surface area (Å²) >= 11 is 7.42. The third kappa shape index (κ3) is 6.68. The number of tetrazole rings is 1. The highest BCUT2D eigenvalue weighted by molar-refractivity contribution is 7.10. The summed E-state index contributed by atoms with van der Waals surface area (Å²) in [5.74, 6) is 0.638. The molecule has 0 bridgehead atoms. The SMILES string of the molecule is COc1ccc(N(C(=O)Cn2nnc(-c3ccc(Cl)cc3)n2)[C@@H](C(=O)NC2CCCCC2)c2cccs2)c(OC)c1. The van der Waals surface area contributed by atoms with Gasteiger partial charge in [0.15, 0.2) is 0 Å². The molecule has 2 heterocycles. The summed E-state index contributed by atoms with van der Waals surface area (Å²) in [5.41, 5.74) is 1.14. The zero-order valence-corrected chi connectivity index (χ0v) is 24.4. The topological polar surface area (TPSA) is 111 Å². The number of rotatable bonds is 10. The van der Waals surface area contributed by atoms with Gasteiger partial charge in [-0.05, 0) is 65.9 Å². The van der Waals surface area contributed by atoms with Gasteiger partial charge in [-0.3, -0.25) is 14.5 Å². The Kier molecular flexibility index (Phi) is 9.15. The number of halogens is 1. The number of amides is 2. The van der Waals surface area contributed by atoms with E-state index in [1.165, 1.54) is 28.1 Å². The number of aromatic nitrogens is 4. The Morgan fingerprint density at radius 3 is 2.56 bits per heavy atom. The van der Waals surface area contributed by atoms with Gasteiger partial charge in [-0.15, -0.1) is 21.5 Å². The molecule has 41 heavy (non-hydrogen) atoms. The van der Waals surface area contributed by atoms with Gasteiger partial charge >= 0.3 is 0 Å². The van der Waals surface area contributed by atoms with E-state index >= 15 is 0 Å². The van der Waals surface area contributed by atoms with Crippen LogP contribution in [0.15, 0.2) is 60.0 Å². The standard InChI is InChI=1S/C29H31ClN6O4S/c1-39-22-14-15-23(24(17-22)40-2)36(26(37)18-35-33-28(32-34-35)19-10-12-20(30)13-11-19)27(25-9-6-16-41-25)29(38)31-21-7-4-3-5-8-21/h6,9-17,21,27H,3-5,7-8,18H2,1-2H3,(H,31,38)/t27-/m1/s1. The first kappa shape index (κ1) is 28.6. The minimum atomic E-state index is -0.939. The largest absolute Gasteiger partial charge is 0.497 e. The number of carbonyl (C=O) groups is 2. The third-order valence-corrected chi connectivity index (χ3v) is 8.19. The summed E-state index contributed by atoms with van der Waals surface area (Å²) in [4.78, 5) is 31.6. The Morgan fingerprint density at radius 2 is 1.88 bits per heavy atom. The van der Waals surface area contributed by atoms with Crippen molar-refractivity contribution >= 4 is 40.4 Å². The number of hydrogen-bond donors (Lipinski definition) is 1. The maximum absolute atomic E-state index is 14.2. The van der Waals surface area contributed by atoms with E-state index in [2.05, 4.69) is 20.7 Å². The zero-order valence-electron chi connectivity index (χ0n) is 22.8. The molecule has 1 aliphatic rings. The lowest BCUT2D eigenvalue weighted by atomic mass is 9.95. The third-order valence-electron chi connectivity index (χ3n) is 7.02. The smallest absolute Gasteiger partial charge is 0.251 e. The van der Waals surface area contributed by atoms with Crippen LogP contribution in [0.1, 0.15) is 43.0 Å². The van der Waals surface area contributed by atoms with Crippen molar-refractivity contribution < 1.29 is 19.1 Å². The van der Waals surface area contributed by atoms with E-state index in [0.717, 1.165) is 37.0 Å². The van der Waals surface area contributed by atoms with Crippen molar-refractivity contribution in [2.45, 2.75) is 50.7 Å². The molecule has 10 nitrogen and oxygen atoms in total. The molecule has 1 N–H and O–H groups in total. The molecule has 4 aromatic rings. The average molecular weight is 595 g/mol. The molecule has 1 fully saturated rings. The lowest BCUT2D eigenvalue weighted by Crippen LogP contribution is -2.48. The Hall–Kier alpha value is -3.96. The monoisotopic (exact) mass is 594 g/mol. The number of nitrogens with zero attached hydrogens (tertiary/aromatic N) is 5. The van der Waals surface area contributed by atoms with Crippen molar-refractivity contribution in [1.29, 1.82) is 0 Å². The van der Waals surface area contributed by atoms with Crippen molar-refractivity contribution in [2.24, 2.45) is 0 Å². The number of methoxy groups -OCH3 is 2. The van der Waals surface area contributed by atoms with Gasteiger partial charge in [0.1, 0.15) is 24.1 Å². The average Bonchev–Trinajstić information content (AvgIpc) is 3.69. The number of benzene rings is 2. The fourth-order valence-electron chi connectivity index (χ4n) is 4.97. The van der Waals surface area contributed by atoms with Crippen LogP contribution in [-0.2, 0) is 16.1 Å². The number of anilines is 1. The van der Waals surface area contributed by atoms with E-state index in [0.29, 0.717) is 33.6 Å². The van der Waals surface area contributed by atoms with Gasteiger partial charge in [-0.25, -0.2) is 0 Å². The first-order chi connectivity index (χ1) is 20.0. The van der Waals surface area contributed by atoms with Crippen LogP contribution >= 0.6 is 22.9 Å². The van der Waals surface area contributed by atoms with Crippen LogP contribution in [0.5, 0.6) is 11.5 Å². The lowest BCUT2D eigenvalue weighted by Gasteiger charge is -2.33. The highest BCUT2D eigenvalue weighted by Gasteiger charge is 2.36. The minimum Gasteiger partial charge on any atom is -0.497 e. The molecule has 2 aromatic carbocycles. The normalized spacial score (nSPS) is 14.3. The molecular weight excluding hydrogens is 564 g/mol. The van der Waals surface area contributed by atoms with E-state index in [1.807, 2.05) is 17.5 Å². The van der Waals surface area contributed by atoms with E-state index in [1.54, 1.807) is 49.6 Å². The molecule has 0 spiro atoms. The second-order valence-electron chi connectivity index (χ2n) is 9.71. The molecule has 214 valence electrons. The fourth-order valence-corrected chi connectivity index (χ4v) is 5.91. The van der Waals surface area contributed by atoms with Crippen LogP contribution in [-0.4, -0.2) is 52.3 Å². The predicted octanol–water partition coefficient (Wildman–Crippen LogP) is 5.30. The van der Waals surface area contributed by atoms with Gasteiger partial charge in [-0.2, -0.15) is 4.80 Å². The van der Waals surface area contributed by atoms with Gasteiger partial charge < -0.3 is 14.8 Å². The molecule has 12 heteroatoms. The first-order valence-electron chi connectivity index (χ1n) is 13.4. The van der Waals surface area contributed by atoms with Crippen LogP contribution < -0.4 is 19.7 Å². The molecular formula is C29H31ClN6O4S. The number of thiophene rings is 1. The van der Waals surface area contributed by atoms with E-state index in [9.17, 15) is 9.59 Å². The molecule has 2 aromatic heterocycles. The van der Waals surface area contributed by atoms with Crippen molar-refractivity contribution in [1.82, 2.24) is 25.5 Å². The number of ether oxygens (including phenoxy) is 2. The van der Waals surface area contributed by atoms with Gasteiger partial charge in [0.2, 0.25) is 11.7 Å². The summed E-state index contributed by atoms with van der Waals surface area (Å²) in [5, 5.41) is 18.3. The van der Waals surface area contributed by atoms with E-state index < -0.39 is 11.9 Å². The molecule has 0 unspecified atom stereocenters. The van der Waals surface area contributed by atoms with Crippen LogP contribution in [0.4, 0.5) is 5.69 Å². The molecule has 0 radical (unpaired) electrons. The second kappa shape index (κ2) is 13.1. The molecule has 1 aliphatic carbocycles. The summed E-state index contributed by atoms with van der Waals surface area (Å²) in [6.45, 7) is -0.256. The Balaban J connectivity index is 1.52. The molecule has 0 aliphatic heterocycles. The Bertz CT molecular complexity index is 1470. The fraction of sp³-hybridized carbons (Fsp3) is 0.345. The lowest BCUT2D eigenvalue weighted by molar-refractivity contribution is -0.127.